The number of fused-ring (bicyclic) bond motifs is 1. The molecule has 6 heteroatoms. The average molecular weight is 457 g/mol. The highest BCUT2D eigenvalue weighted by Gasteiger charge is 2.18. The van der Waals surface area contributed by atoms with Gasteiger partial charge in [-0.3, -0.25) is 0 Å². The fourth-order valence-corrected chi connectivity index (χ4v) is 3.99. The predicted octanol–water partition coefficient (Wildman–Crippen LogP) is 6.76. The lowest BCUT2D eigenvalue weighted by molar-refractivity contribution is 0.0730. The minimum Gasteiger partial charge on any atom is -0.423 e. The van der Waals surface area contributed by atoms with Crippen molar-refractivity contribution in [2.24, 2.45) is 0 Å². The van der Waals surface area contributed by atoms with E-state index in [1.165, 1.54) is 18.2 Å². The van der Waals surface area contributed by atoms with Crippen molar-refractivity contribution >= 4 is 28.6 Å². The number of halogens is 2. The van der Waals surface area contributed by atoms with Crippen LogP contribution in [0.3, 0.4) is 0 Å². The molecule has 0 spiro atoms. The van der Waals surface area contributed by atoms with E-state index in [-0.39, 0.29) is 16.3 Å². The molecule has 0 atom stereocenters. The Morgan fingerprint density at radius 2 is 1.61 bits per heavy atom. The van der Waals surface area contributed by atoms with Gasteiger partial charge in [-0.1, -0.05) is 60.1 Å². The van der Waals surface area contributed by atoms with E-state index < -0.39 is 11.8 Å². The third-order valence-corrected chi connectivity index (χ3v) is 5.64. The number of ether oxygens (including phenoxy) is 1. The van der Waals surface area contributed by atoms with Gasteiger partial charge >= 0.3 is 5.97 Å². The maximum absolute atomic E-state index is 14.0. The topological polar surface area (TPSA) is 44.1 Å². The Morgan fingerprint density at radius 3 is 2.36 bits per heavy atom. The second-order valence-electron chi connectivity index (χ2n) is 7.51. The van der Waals surface area contributed by atoms with E-state index >= 15 is 0 Å². The van der Waals surface area contributed by atoms with Gasteiger partial charge < -0.3 is 9.30 Å². The summed E-state index contributed by atoms with van der Waals surface area (Å²) in [5, 5.41) is 0.00579. The fraction of sp³-hybridized carbons (Fsp3) is 0.0370. The first-order chi connectivity index (χ1) is 16.1. The quantitative estimate of drug-likeness (QED) is 0.217. The van der Waals surface area contributed by atoms with Gasteiger partial charge in [0.25, 0.3) is 0 Å². The zero-order valence-electron chi connectivity index (χ0n) is 17.4. The van der Waals surface area contributed by atoms with Crippen molar-refractivity contribution in [2.45, 2.75) is 6.54 Å². The number of carbonyl (C=O) groups is 1. The van der Waals surface area contributed by atoms with Crippen molar-refractivity contribution in [1.29, 1.82) is 0 Å². The smallest absolute Gasteiger partial charge is 0.348 e. The van der Waals surface area contributed by atoms with E-state index in [4.69, 9.17) is 21.3 Å². The highest BCUT2D eigenvalue weighted by atomic mass is 35.5. The molecule has 0 amide bonds. The van der Waals surface area contributed by atoms with Crippen LogP contribution in [0.15, 0.2) is 97.1 Å². The lowest BCUT2D eigenvalue weighted by atomic mass is 10.2. The number of para-hydroxylation sites is 2. The van der Waals surface area contributed by atoms with Gasteiger partial charge in [-0.15, -0.1) is 0 Å². The van der Waals surface area contributed by atoms with Gasteiger partial charge in [-0.2, -0.15) is 0 Å². The monoisotopic (exact) mass is 456 g/mol. The Bertz CT molecular complexity index is 1430. The lowest BCUT2D eigenvalue weighted by Crippen LogP contribution is -2.11. The molecular formula is C27H18ClFN2O2. The molecule has 1 aromatic heterocycles. The summed E-state index contributed by atoms with van der Waals surface area (Å²) in [4.78, 5) is 17.3. The van der Waals surface area contributed by atoms with Crippen LogP contribution in [0.1, 0.15) is 15.9 Å². The van der Waals surface area contributed by atoms with Crippen LogP contribution in [0.25, 0.3) is 22.4 Å². The number of benzene rings is 4. The van der Waals surface area contributed by atoms with E-state index in [9.17, 15) is 9.18 Å². The Labute approximate surface area is 194 Å². The van der Waals surface area contributed by atoms with Crippen molar-refractivity contribution in [1.82, 2.24) is 9.55 Å². The van der Waals surface area contributed by atoms with Crippen molar-refractivity contribution in [3.05, 3.63) is 119 Å². The molecule has 0 aliphatic carbocycles. The van der Waals surface area contributed by atoms with E-state index in [1.807, 2.05) is 54.6 Å². The van der Waals surface area contributed by atoms with Crippen molar-refractivity contribution in [2.75, 3.05) is 0 Å². The van der Waals surface area contributed by atoms with Crippen LogP contribution < -0.4 is 4.74 Å². The largest absolute Gasteiger partial charge is 0.423 e. The predicted molar refractivity (Wildman–Crippen MR) is 127 cm³/mol. The third kappa shape index (κ3) is 4.23. The summed E-state index contributed by atoms with van der Waals surface area (Å²) in [6.07, 6.45) is 0. The SMILES string of the molecule is O=C(Oc1ccc(-c2nc3ccccc3n2Cc2ccccc2)cc1)c1c(F)cccc1Cl. The number of imidazole rings is 1. The zero-order chi connectivity index (χ0) is 22.8. The standard InChI is InChI=1S/C27H18ClFN2O2/c28-21-9-6-10-22(29)25(21)27(32)33-20-15-13-19(14-16-20)26-30-23-11-4-5-12-24(23)31(26)17-18-7-2-1-3-8-18/h1-16H,17H2. The number of carbonyl (C=O) groups excluding carboxylic acids is 1. The van der Waals surface area contributed by atoms with Gasteiger partial charge in [0, 0.05) is 12.1 Å². The highest BCUT2D eigenvalue weighted by molar-refractivity contribution is 6.33. The first kappa shape index (κ1) is 20.9. The summed E-state index contributed by atoms with van der Waals surface area (Å²) in [5.74, 6) is -0.482. The van der Waals surface area contributed by atoms with E-state index in [0.29, 0.717) is 6.54 Å². The number of rotatable bonds is 5. The molecule has 162 valence electrons. The molecule has 0 aliphatic heterocycles. The number of hydrogen-bond donors (Lipinski definition) is 0. The molecule has 33 heavy (non-hydrogen) atoms. The second kappa shape index (κ2) is 8.88. The summed E-state index contributed by atoms with van der Waals surface area (Å²) >= 11 is 5.97. The maximum Gasteiger partial charge on any atom is 0.348 e. The summed E-state index contributed by atoms with van der Waals surface area (Å²) in [5.41, 5.74) is 3.67. The molecule has 5 rings (SSSR count). The van der Waals surface area contributed by atoms with Gasteiger partial charge in [0.2, 0.25) is 0 Å². The molecule has 0 bridgehead atoms. The Morgan fingerprint density at radius 1 is 0.879 bits per heavy atom. The Hall–Kier alpha value is -3.96. The van der Waals surface area contributed by atoms with Crippen LogP contribution in [-0.2, 0) is 6.54 Å². The zero-order valence-corrected chi connectivity index (χ0v) is 18.2. The van der Waals surface area contributed by atoms with Gasteiger partial charge in [0.1, 0.15) is 23.0 Å². The van der Waals surface area contributed by atoms with E-state index in [1.54, 1.807) is 12.1 Å². The van der Waals surface area contributed by atoms with Crippen molar-refractivity contribution in [3.63, 3.8) is 0 Å². The summed E-state index contributed by atoms with van der Waals surface area (Å²) in [6, 6.07) is 29.2. The molecule has 4 aromatic carbocycles. The van der Waals surface area contributed by atoms with Crippen LogP contribution in [-0.4, -0.2) is 15.5 Å². The number of nitrogens with zero attached hydrogens (tertiary/aromatic N) is 2. The molecule has 1 heterocycles. The molecule has 0 saturated heterocycles. The number of hydrogen-bond acceptors (Lipinski definition) is 3. The average Bonchev–Trinajstić information content (AvgIpc) is 3.18. The summed E-state index contributed by atoms with van der Waals surface area (Å²) in [6.45, 7) is 0.666. The van der Waals surface area contributed by atoms with E-state index in [0.717, 1.165) is 28.0 Å². The molecule has 0 N–H and O–H groups in total. The third-order valence-electron chi connectivity index (χ3n) is 5.33. The molecule has 4 nitrogen and oxygen atoms in total. The van der Waals surface area contributed by atoms with Gasteiger partial charge in [0.15, 0.2) is 0 Å². The van der Waals surface area contributed by atoms with Crippen LogP contribution in [0.2, 0.25) is 5.02 Å². The molecule has 0 saturated carbocycles. The second-order valence-corrected chi connectivity index (χ2v) is 7.91. The molecule has 0 fully saturated rings. The van der Waals surface area contributed by atoms with Gasteiger partial charge in [-0.25, -0.2) is 14.2 Å². The van der Waals surface area contributed by atoms with Crippen molar-refractivity contribution < 1.29 is 13.9 Å². The molecular weight excluding hydrogens is 439 g/mol. The summed E-state index contributed by atoms with van der Waals surface area (Å²) < 4.78 is 21.5. The molecule has 0 aliphatic rings. The first-order valence-electron chi connectivity index (χ1n) is 10.4. The van der Waals surface area contributed by atoms with E-state index in [2.05, 4.69) is 16.7 Å². The number of esters is 1. The number of aromatic nitrogens is 2. The normalized spacial score (nSPS) is 11.0. The van der Waals surface area contributed by atoms with Crippen molar-refractivity contribution in [3.8, 4) is 17.1 Å². The molecule has 0 radical (unpaired) electrons. The Balaban J connectivity index is 1.46. The minimum atomic E-state index is -0.845. The molecule has 0 unspecified atom stereocenters. The lowest BCUT2D eigenvalue weighted by Gasteiger charge is -2.11. The van der Waals surface area contributed by atoms with Crippen LogP contribution in [0.5, 0.6) is 5.75 Å². The highest BCUT2D eigenvalue weighted by Crippen LogP contribution is 2.28. The van der Waals surface area contributed by atoms with Crippen LogP contribution in [0.4, 0.5) is 4.39 Å². The maximum atomic E-state index is 14.0. The van der Waals surface area contributed by atoms with Gasteiger partial charge in [0.05, 0.1) is 16.1 Å². The molecule has 5 aromatic rings. The first-order valence-corrected chi connectivity index (χ1v) is 10.7. The Kier molecular flexibility index (Phi) is 5.63. The van der Waals surface area contributed by atoms with Gasteiger partial charge in [-0.05, 0) is 54.1 Å². The van der Waals surface area contributed by atoms with Crippen LogP contribution in [0, 0.1) is 5.82 Å². The minimum absolute atomic E-state index is 0.00579. The summed E-state index contributed by atoms with van der Waals surface area (Å²) in [7, 11) is 0. The van der Waals surface area contributed by atoms with Crippen LogP contribution >= 0.6 is 11.6 Å². The fourth-order valence-electron chi connectivity index (χ4n) is 3.74.